The van der Waals surface area contributed by atoms with Gasteiger partial charge in [0.2, 0.25) is 16.6 Å². The van der Waals surface area contributed by atoms with Crippen LogP contribution < -0.4 is 0 Å². The minimum atomic E-state index is -2.01. The Morgan fingerprint density at radius 1 is 0.889 bits per heavy atom. The van der Waals surface area contributed by atoms with Crippen molar-refractivity contribution in [1.82, 2.24) is 4.23 Å². The van der Waals surface area contributed by atoms with E-state index in [0.717, 1.165) is 10.9 Å². The Labute approximate surface area is 166 Å². The van der Waals surface area contributed by atoms with Crippen LogP contribution in [0.3, 0.4) is 0 Å². The lowest BCUT2D eigenvalue weighted by Crippen LogP contribution is -2.34. The maximum absolute atomic E-state index is 12.8. The van der Waals surface area contributed by atoms with Crippen LogP contribution in [0.1, 0.15) is 5.56 Å². The average Bonchev–Trinajstić information content (AvgIpc) is 2.82. The predicted molar refractivity (Wildman–Crippen MR) is 123 cm³/mol. The number of hydrogen-bond acceptors (Lipinski definition) is 3. The zero-order valence-electron chi connectivity index (χ0n) is 18.1. The van der Waals surface area contributed by atoms with Crippen molar-refractivity contribution in [2.45, 2.75) is 58.9 Å². The first-order chi connectivity index (χ1) is 12.2. The zero-order chi connectivity index (χ0) is 20.6. The number of para-hydroxylation sites is 1. The van der Waals surface area contributed by atoms with Gasteiger partial charge in [-0.05, 0) is 51.4 Å². The summed E-state index contributed by atoms with van der Waals surface area (Å²) < 4.78 is 14.3. The van der Waals surface area contributed by atoms with E-state index >= 15 is 0 Å². The van der Waals surface area contributed by atoms with Gasteiger partial charge in [0.15, 0.2) is 14.0 Å². The molecule has 0 spiro atoms. The Balaban J connectivity index is 2.61. The van der Waals surface area contributed by atoms with Crippen LogP contribution in [-0.2, 0) is 13.6 Å². The highest BCUT2D eigenvalue weighted by molar-refractivity contribution is 6.75. The van der Waals surface area contributed by atoms with E-state index in [2.05, 4.69) is 67.9 Å². The molecule has 0 saturated carbocycles. The largest absolute Gasteiger partial charge is 0.539 e. The van der Waals surface area contributed by atoms with Crippen LogP contribution in [0.4, 0.5) is 0 Å². The summed E-state index contributed by atoms with van der Waals surface area (Å²) in [4.78, 5) is 12.8. The Morgan fingerprint density at radius 3 is 1.96 bits per heavy atom. The summed E-state index contributed by atoms with van der Waals surface area (Å²) in [5.41, 5.74) is 2.21. The Bertz CT molecular complexity index is 865. The van der Waals surface area contributed by atoms with Crippen LogP contribution >= 0.6 is 0 Å². The molecule has 0 saturated heterocycles. The number of fused-ring (bicyclic) bond motifs is 1. The van der Waals surface area contributed by atoms with Crippen LogP contribution in [-0.4, -0.2) is 35.1 Å². The monoisotopic (exact) mass is 419 g/mol. The normalized spacial score (nSPS) is 13.7. The first-order valence-corrected chi connectivity index (χ1v) is 19.7. The molecule has 27 heavy (non-hydrogen) atoms. The van der Waals surface area contributed by atoms with Crippen molar-refractivity contribution in [3.63, 3.8) is 0 Å². The summed E-state index contributed by atoms with van der Waals surface area (Å²) in [7, 11) is -5.56. The van der Waals surface area contributed by atoms with E-state index in [1.807, 2.05) is 31.8 Å². The number of hydrogen-bond donors (Lipinski definition) is 0. The third-order valence-electron chi connectivity index (χ3n) is 3.77. The molecule has 0 amide bonds. The van der Waals surface area contributed by atoms with E-state index in [1.165, 1.54) is 5.52 Å². The van der Waals surface area contributed by atoms with E-state index in [-0.39, 0.29) is 5.97 Å². The topological polar surface area (TPSA) is 40.5 Å². The Morgan fingerprint density at radius 2 is 1.44 bits per heavy atom. The number of rotatable bonds is 6. The molecule has 0 aliphatic carbocycles. The molecule has 148 valence electrons. The van der Waals surface area contributed by atoms with Crippen molar-refractivity contribution in [3.05, 3.63) is 41.8 Å². The van der Waals surface area contributed by atoms with Crippen molar-refractivity contribution in [2.24, 2.45) is 0 Å². The molecule has 0 atom stereocenters. The van der Waals surface area contributed by atoms with Gasteiger partial charge in [-0.1, -0.05) is 37.8 Å². The molecule has 1 aromatic heterocycles. The highest BCUT2D eigenvalue weighted by Crippen LogP contribution is 2.28. The van der Waals surface area contributed by atoms with E-state index in [1.54, 1.807) is 0 Å². The van der Waals surface area contributed by atoms with E-state index < -0.39 is 24.9 Å². The minimum absolute atomic E-state index is 0.329. The van der Waals surface area contributed by atoms with Gasteiger partial charge in [-0.15, -0.1) is 0 Å². The molecular formula is C20H33NO3Si3. The van der Waals surface area contributed by atoms with E-state index in [0.29, 0.717) is 5.76 Å². The number of nitrogens with zero attached hydrogens (tertiary/aromatic N) is 1. The average molecular weight is 420 g/mol. The lowest BCUT2D eigenvalue weighted by molar-refractivity contribution is -0.133. The highest BCUT2D eigenvalue weighted by Gasteiger charge is 2.28. The van der Waals surface area contributed by atoms with Crippen LogP contribution in [0.25, 0.3) is 17.0 Å². The van der Waals surface area contributed by atoms with Crippen molar-refractivity contribution in [3.8, 4) is 0 Å². The van der Waals surface area contributed by atoms with Crippen molar-refractivity contribution >= 4 is 47.8 Å². The molecule has 2 aromatic rings. The molecule has 0 fully saturated rings. The van der Waals surface area contributed by atoms with E-state index in [4.69, 9.17) is 8.85 Å². The molecule has 0 aliphatic heterocycles. The zero-order valence-corrected chi connectivity index (χ0v) is 21.1. The number of aromatic nitrogens is 1. The highest BCUT2D eigenvalue weighted by atomic mass is 28.4. The van der Waals surface area contributed by atoms with Gasteiger partial charge in [0, 0.05) is 22.7 Å². The molecule has 0 unspecified atom stereocenters. The summed E-state index contributed by atoms with van der Waals surface area (Å²) in [6.07, 6.45) is 4.03. The second-order valence-electron chi connectivity index (χ2n) is 9.87. The third-order valence-corrected chi connectivity index (χ3v) is 7.21. The van der Waals surface area contributed by atoms with Gasteiger partial charge in [-0.3, -0.25) is 0 Å². The third kappa shape index (κ3) is 5.95. The summed E-state index contributed by atoms with van der Waals surface area (Å²) >= 11 is 0. The van der Waals surface area contributed by atoms with Crippen molar-refractivity contribution < 1.29 is 13.6 Å². The van der Waals surface area contributed by atoms with E-state index in [9.17, 15) is 4.79 Å². The van der Waals surface area contributed by atoms with Gasteiger partial charge in [-0.25, -0.2) is 4.79 Å². The molecule has 4 nitrogen and oxygen atoms in total. The second-order valence-corrected chi connectivity index (χ2v) is 23.5. The Hall–Kier alpha value is -1.58. The molecule has 0 aliphatic rings. The first kappa shape index (κ1) is 21.7. The standard InChI is InChI=1S/C20H33NO3Si3/c1-25(2,3)21-15-16(17-12-10-11-13-18(17)21)14-19(23-26(4,5)6)20(22)24-27(7,8)9/h10-15H,1-9H3/b19-14+. The van der Waals surface area contributed by atoms with Crippen LogP contribution in [0.15, 0.2) is 36.2 Å². The van der Waals surface area contributed by atoms with Crippen LogP contribution in [0, 0.1) is 0 Å². The summed E-state index contributed by atoms with van der Waals surface area (Å²) in [6.45, 7) is 19.2. The van der Waals surface area contributed by atoms with Crippen molar-refractivity contribution in [1.29, 1.82) is 0 Å². The molecule has 1 aromatic carbocycles. The summed E-state index contributed by atoms with van der Waals surface area (Å²) in [5.74, 6) is -0.0171. The van der Waals surface area contributed by atoms with Gasteiger partial charge in [0.05, 0.1) is 0 Å². The number of carbonyl (C=O) groups excluding carboxylic acids is 1. The lowest BCUT2D eigenvalue weighted by Gasteiger charge is -2.24. The molecular weight excluding hydrogens is 386 g/mol. The smallest absolute Gasteiger partial charge is 0.358 e. The lowest BCUT2D eigenvalue weighted by atomic mass is 10.1. The molecule has 0 bridgehead atoms. The first-order valence-electron chi connectivity index (χ1n) is 9.42. The van der Waals surface area contributed by atoms with Crippen molar-refractivity contribution in [2.75, 3.05) is 0 Å². The second kappa shape index (κ2) is 7.44. The van der Waals surface area contributed by atoms with Gasteiger partial charge in [0.25, 0.3) is 0 Å². The molecule has 7 heteroatoms. The van der Waals surface area contributed by atoms with Crippen LogP contribution in [0.2, 0.25) is 58.9 Å². The van der Waals surface area contributed by atoms with Crippen LogP contribution in [0.5, 0.6) is 0 Å². The van der Waals surface area contributed by atoms with Gasteiger partial charge < -0.3 is 13.1 Å². The maximum Gasteiger partial charge on any atom is 0.358 e. The quantitative estimate of drug-likeness (QED) is 0.333. The van der Waals surface area contributed by atoms with Gasteiger partial charge in [0.1, 0.15) is 0 Å². The Kier molecular flexibility index (Phi) is 5.99. The fourth-order valence-corrected chi connectivity index (χ4v) is 5.71. The summed E-state index contributed by atoms with van der Waals surface area (Å²) in [6, 6.07) is 8.34. The molecule has 0 radical (unpaired) electrons. The number of carbonyl (C=O) groups is 1. The number of benzene rings is 1. The van der Waals surface area contributed by atoms with Gasteiger partial charge in [-0.2, -0.15) is 0 Å². The molecule has 1 heterocycles. The molecule has 2 rings (SSSR count). The minimum Gasteiger partial charge on any atom is -0.539 e. The van der Waals surface area contributed by atoms with Gasteiger partial charge >= 0.3 is 5.97 Å². The SMILES string of the molecule is C[Si](C)(C)OC(=O)/C(=C\c1cn([Si](C)(C)C)c2ccccc12)O[Si](C)(C)C. The fourth-order valence-electron chi connectivity index (χ4n) is 2.81. The molecule has 0 N–H and O–H groups in total. The fraction of sp³-hybridized carbons (Fsp3) is 0.450. The summed E-state index contributed by atoms with van der Waals surface area (Å²) in [5, 5.41) is 1.14. The predicted octanol–water partition coefficient (Wildman–Crippen LogP) is 5.89. The maximum atomic E-state index is 12.8.